The molecule has 1 aliphatic rings. The molecule has 0 aromatic heterocycles. The van der Waals surface area contributed by atoms with Gasteiger partial charge in [-0.05, 0) is 68.5 Å². The Labute approximate surface area is 291 Å². The number of likely N-dealkylation sites (tertiary alicyclic amines) is 1. The summed E-state index contributed by atoms with van der Waals surface area (Å²) in [6.45, 7) is 5.82. The highest BCUT2D eigenvalue weighted by molar-refractivity contribution is 5.94. The van der Waals surface area contributed by atoms with Crippen molar-refractivity contribution >= 4 is 29.3 Å². The first-order chi connectivity index (χ1) is 23.4. The quantitative estimate of drug-likeness (QED) is 0.133. The molecule has 0 bridgehead atoms. The van der Waals surface area contributed by atoms with Gasteiger partial charge in [0.2, 0.25) is 17.7 Å². The maximum Gasteiger partial charge on any atom is 0.231 e. The molecule has 2 aromatic carbocycles. The van der Waals surface area contributed by atoms with Crippen LogP contribution >= 0.6 is 0 Å². The molecular weight excluding hydrogens is 620 g/mol. The second kappa shape index (κ2) is 20.6. The number of hydrogen-bond acceptors (Lipinski definition) is 8. The average molecular weight is 677 g/mol. The van der Waals surface area contributed by atoms with Gasteiger partial charge in [0.05, 0.1) is 18.6 Å². The Balaban J connectivity index is 1.71. The summed E-state index contributed by atoms with van der Waals surface area (Å²) in [6, 6.07) is 17.4. The van der Waals surface area contributed by atoms with Gasteiger partial charge in [-0.3, -0.25) is 28.9 Å². The minimum Gasteiger partial charge on any atom is -0.369 e. The molecule has 8 N–H and O–H groups in total. The SMILES string of the molecule is CC(C)C[C@@H](NC(=O)[C@H](CC(=O)[C@H](N)Cc1ccccc1)Cc1ccccc1)C(=O)C[C@H](CCCN)C(=O)NC1CCN(CC(N)=O)CC1. The highest BCUT2D eigenvalue weighted by atomic mass is 16.2. The molecule has 1 aliphatic heterocycles. The predicted molar refractivity (Wildman–Crippen MR) is 191 cm³/mol. The van der Waals surface area contributed by atoms with Gasteiger partial charge in [-0.1, -0.05) is 74.5 Å². The Hall–Kier alpha value is -3.93. The smallest absolute Gasteiger partial charge is 0.231 e. The van der Waals surface area contributed by atoms with E-state index in [9.17, 15) is 24.0 Å². The summed E-state index contributed by atoms with van der Waals surface area (Å²) in [5.74, 6) is -2.63. The van der Waals surface area contributed by atoms with Gasteiger partial charge in [-0.25, -0.2) is 0 Å². The van der Waals surface area contributed by atoms with Crippen molar-refractivity contribution < 1.29 is 24.0 Å². The molecule has 1 heterocycles. The van der Waals surface area contributed by atoms with Crippen LogP contribution in [0.25, 0.3) is 0 Å². The molecule has 4 atom stereocenters. The van der Waals surface area contributed by atoms with E-state index in [4.69, 9.17) is 17.2 Å². The molecular formula is C38H56N6O5. The molecule has 0 aliphatic carbocycles. The van der Waals surface area contributed by atoms with Crippen LogP contribution in [0.5, 0.6) is 0 Å². The normalized spacial score (nSPS) is 16.3. The van der Waals surface area contributed by atoms with Crippen LogP contribution in [-0.4, -0.2) is 78.5 Å². The summed E-state index contributed by atoms with van der Waals surface area (Å²) in [6.07, 6.45) is 3.37. The largest absolute Gasteiger partial charge is 0.369 e. The van der Waals surface area contributed by atoms with Crippen molar-refractivity contribution in [3.63, 3.8) is 0 Å². The lowest BCUT2D eigenvalue weighted by molar-refractivity contribution is -0.134. The van der Waals surface area contributed by atoms with E-state index in [2.05, 4.69) is 10.6 Å². The van der Waals surface area contributed by atoms with Gasteiger partial charge in [0, 0.05) is 43.8 Å². The Morgan fingerprint density at radius 1 is 0.816 bits per heavy atom. The van der Waals surface area contributed by atoms with Gasteiger partial charge in [-0.15, -0.1) is 0 Å². The Kier molecular flexibility index (Phi) is 16.6. The second-order valence-electron chi connectivity index (χ2n) is 13.9. The molecule has 11 nitrogen and oxygen atoms in total. The fraction of sp³-hybridized carbons (Fsp3) is 0.553. The number of benzene rings is 2. The van der Waals surface area contributed by atoms with Crippen molar-refractivity contribution in [1.29, 1.82) is 0 Å². The fourth-order valence-corrected chi connectivity index (χ4v) is 6.41. The summed E-state index contributed by atoms with van der Waals surface area (Å²) in [7, 11) is 0. The van der Waals surface area contributed by atoms with Crippen molar-refractivity contribution in [3.8, 4) is 0 Å². The zero-order valence-corrected chi connectivity index (χ0v) is 29.2. The highest BCUT2D eigenvalue weighted by Gasteiger charge is 2.32. The number of nitrogens with two attached hydrogens (primary N) is 3. The Morgan fingerprint density at radius 2 is 1.39 bits per heavy atom. The van der Waals surface area contributed by atoms with Crippen molar-refractivity contribution in [2.45, 2.75) is 89.8 Å². The minimum absolute atomic E-state index is 0.0335. The zero-order chi connectivity index (χ0) is 35.8. The number of Topliss-reactive ketones (excluding diaryl/α,β-unsaturated/α-hetero) is 2. The number of nitrogens with zero attached hydrogens (tertiary/aromatic N) is 1. The van der Waals surface area contributed by atoms with Gasteiger partial charge < -0.3 is 27.8 Å². The molecule has 0 saturated carbocycles. The van der Waals surface area contributed by atoms with Gasteiger partial charge in [0.1, 0.15) is 0 Å². The van der Waals surface area contributed by atoms with Crippen LogP contribution < -0.4 is 27.8 Å². The third-order valence-electron chi connectivity index (χ3n) is 9.16. The van der Waals surface area contributed by atoms with Gasteiger partial charge in [0.25, 0.3) is 0 Å². The first-order valence-electron chi connectivity index (χ1n) is 17.6. The number of ketones is 2. The first kappa shape index (κ1) is 39.5. The topological polar surface area (TPSA) is 191 Å². The zero-order valence-electron chi connectivity index (χ0n) is 29.2. The Bertz CT molecular complexity index is 1350. The number of amides is 3. The van der Waals surface area contributed by atoms with E-state index in [0.29, 0.717) is 64.6 Å². The number of hydrogen-bond donors (Lipinski definition) is 5. The van der Waals surface area contributed by atoms with E-state index < -0.39 is 23.9 Å². The summed E-state index contributed by atoms with van der Waals surface area (Å²) >= 11 is 0. The maximum absolute atomic E-state index is 13.9. The molecule has 3 rings (SSSR count). The molecule has 268 valence electrons. The standard InChI is InChI=1S/C38H56N6O5/c1-26(2)20-33(35(46)23-29(14-9-17-39)37(48)42-31-15-18-44(19-16-31)25-36(41)47)43-38(49)30(21-27-10-5-3-6-11-27)24-34(45)32(40)22-28-12-7-4-8-13-28/h3-8,10-13,26,29-33H,9,14-25,39-40H2,1-2H3,(H2,41,47)(H,42,48)(H,43,49)/t29-,30-,32+,33+/m0/s1. The molecule has 3 amide bonds. The molecule has 0 unspecified atom stereocenters. The second-order valence-corrected chi connectivity index (χ2v) is 13.9. The van der Waals surface area contributed by atoms with Crippen molar-refractivity contribution in [2.24, 2.45) is 35.0 Å². The number of rotatable bonds is 21. The minimum atomic E-state index is -0.816. The van der Waals surface area contributed by atoms with Crippen LogP contribution in [0, 0.1) is 17.8 Å². The van der Waals surface area contributed by atoms with E-state index in [1.54, 1.807) is 0 Å². The fourth-order valence-electron chi connectivity index (χ4n) is 6.41. The lowest BCUT2D eigenvalue weighted by Crippen LogP contribution is -2.49. The molecule has 1 saturated heterocycles. The molecule has 49 heavy (non-hydrogen) atoms. The van der Waals surface area contributed by atoms with Gasteiger partial charge in [-0.2, -0.15) is 0 Å². The van der Waals surface area contributed by atoms with Crippen LogP contribution in [0.2, 0.25) is 0 Å². The van der Waals surface area contributed by atoms with Crippen LogP contribution in [0.3, 0.4) is 0 Å². The van der Waals surface area contributed by atoms with E-state index in [0.717, 1.165) is 11.1 Å². The number of nitrogens with one attached hydrogen (secondary N) is 2. The molecule has 11 heteroatoms. The summed E-state index contributed by atoms with van der Waals surface area (Å²) in [5, 5.41) is 6.09. The van der Waals surface area contributed by atoms with Crippen molar-refractivity contribution in [2.75, 3.05) is 26.2 Å². The molecule has 1 fully saturated rings. The molecule has 0 spiro atoms. The number of carbonyl (C=O) groups excluding carboxylic acids is 5. The van der Waals surface area contributed by atoms with Crippen LogP contribution in [0.15, 0.2) is 60.7 Å². The van der Waals surface area contributed by atoms with Crippen molar-refractivity contribution in [3.05, 3.63) is 71.8 Å². The van der Waals surface area contributed by atoms with Gasteiger partial charge >= 0.3 is 0 Å². The first-order valence-corrected chi connectivity index (χ1v) is 17.6. The Morgan fingerprint density at radius 3 is 1.94 bits per heavy atom. The summed E-state index contributed by atoms with van der Waals surface area (Å²) < 4.78 is 0. The van der Waals surface area contributed by atoms with Gasteiger partial charge in [0.15, 0.2) is 11.6 Å². The lowest BCUT2D eigenvalue weighted by atomic mass is 9.87. The lowest BCUT2D eigenvalue weighted by Gasteiger charge is -2.32. The third kappa shape index (κ3) is 14.2. The van der Waals surface area contributed by atoms with E-state index in [1.807, 2.05) is 79.4 Å². The molecule has 2 aromatic rings. The maximum atomic E-state index is 13.9. The van der Waals surface area contributed by atoms with Crippen LogP contribution in [0.1, 0.15) is 69.9 Å². The van der Waals surface area contributed by atoms with Crippen LogP contribution in [0.4, 0.5) is 0 Å². The van der Waals surface area contributed by atoms with E-state index in [-0.39, 0.29) is 60.6 Å². The summed E-state index contributed by atoms with van der Waals surface area (Å²) in [4.78, 5) is 67.9. The summed E-state index contributed by atoms with van der Waals surface area (Å²) in [5.41, 5.74) is 19.3. The predicted octanol–water partition coefficient (Wildman–Crippen LogP) is 2.29. The highest BCUT2D eigenvalue weighted by Crippen LogP contribution is 2.21. The number of primary amides is 1. The van der Waals surface area contributed by atoms with E-state index in [1.165, 1.54) is 0 Å². The monoisotopic (exact) mass is 676 g/mol. The third-order valence-corrected chi connectivity index (χ3v) is 9.16. The number of carbonyl (C=O) groups is 5. The molecule has 0 radical (unpaired) electrons. The van der Waals surface area contributed by atoms with E-state index >= 15 is 0 Å². The van der Waals surface area contributed by atoms with Crippen molar-refractivity contribution in [1.82, 2.24) is 15.5 Å². The average Bonchev–Trinajstić information content (AvgIpc) is 3.07. The van der Waals surface area contributed by atoms with Crippen LogP contribution in [-0.2, 0) is 36.8 Å². The number of piperidine rings is 1.